The van der Waals surface area contributed by atoms with E-state index in [0.29, 0.717) is 0 Å². The molecular weight excluding hydrogens is 468 g/mol. The maximum Gasteiger partial charge on any atom is 0.411 e. The van der Waals surface area contributed by atoms with Crippen LogP contribution >= 0.6 is 46.4 Å². The number of halogens is 4. The van der Waals surface area contributed by atoms with Crippen LogP contribution in [-0.2, 0) is 14.1 Å². The predicted octanol–water partition coefficient (Wildman–Crippen LogP) is 2.81. The molecule has 0 fully saturated rings. The van der Waals surface area contributed by atoms with Gasteiger partial charge in [-0.25, -0.2) is 9.52 Å². The molecular formula is C12H9Cl4N5O5S. The third kappa shape index (κ3) is 6.40. The summed E-state index contributed by atoms with van der Waals surface area (Å²) in [6, 6.07) is 4.22. The highest BCUT2D eigenvalue weighted by atomic mass is 35.6. The van der Waals surface area contributed by atoms with Gasteiger partial charge in [0.25, 0.3) is 0 Å². The van der Waals surface area contributed by atoms with Crippen LogP contribution in [-0.4, -0.2) is 36.5 Å². The maximum atomic E-state index is 11.9. The lowest BCUT2D eigenvalue weighted by molar-refractivity contribution is 0.255. The van der Waals surface area contributed by atoms with Crippen molar-refractivity contribution in [2.24, 2.45) is 0 Å². The smallest absolute Gasteiger partial charge is 0.411 e. The zero-order valence-corrected chi connectivity index (χ0v) is 17.0. The number of ether oxygens (including phenoxy) is 1. The molecule has 2 rings (SSSR count). The van der Waals surface area contributed by atoms with E-state index in [1.807, 2.05) is 5.32 Å². The second-order valence-electron chi connectivity index (χ2n) is 4.49. The highest BCUT2D eigenvalue weighted by molar-refractivity contribution is 7.85. The molecule has 0 unspecified atom stereocenters. The number of methoxy groups -OCH3 is 1. The van der Waals surface area contributed by atoms with Crippen LogP contribution in [0.3, 0.4) is 0 Å². The summed E-state index contributed by atoms with van der Waals surface area (Å²) >= 11 is 22.8. The Hall–Kier alpha value is -1.79. The van der Waals surface area contributed by atoms with E-state index in [9.17, 15) is 13.2 Å². The van der Waals surface area contributed by atoms with Crippen molar-refractivity contribution in [3.8, 4) is 11.8 Å². The highest BCUT2D eigenvalue weighted by Crippen LogP contribution is 2.36. The summed E-state index contributed by atoms with van der Waals surface area (Å²) in [6.07, 6.45) is 0. The number of aromatic nitrogens is 3. The molecule has 0 saturated carbocycles. The Morgan fingerprint density at radius 2 is 1.81 bits per heavy atom. The number of carbonyl (C=O) groups is 1. The molecule has 1 heterocycles. The first-order chi connectivity index (χ1) is 12.5. The van der Waals surface area contributed by atoms with Gasteiger partial charge in [0.2, 0.25) is 9.74 Å². The molecule has 0 saturated heterocycles. The number of hydrogen-bond donors (Lipinski definition) is 2. The van der Waals surface area contributed by atoms with Crippen LogP contribution in [0.4, 0.5) is 10.7 Å². The summed E-state index contributed by atoms with van der Waals surface area (Å²) in [5, 5.41) is 2.05. The van der Waals surface area contributed by atoms with Crippen molar-refractivity contribution in [1.29, 1.82) is 0 Å². The minimum atomic E-state index is -4.56. The predicted molar refractivity (Wildman–Crippen MR) is 98.8 cm³/mol. The fourth-order valence-electron chi connectivity index (χ4n) is 1.52. The number of nitrogens with zero attached hydrogens (tertiary/aromatic N) is 3. The van der Waals surface area contributed by atoms with E-state index < -0.39 is 26.1 Å². The molecule has 10 nitrogen and oxygen atoms in total. The molecule has 0 aliphatic rings. The quantitative estimate of drug-likeness (QED) is 0.629. The molecule has 1 aromatic heterocycles. The Labute approximate surface area is 173 Å². The number of carbonyl (C=O) groups excluding carboxylic acids is 1. The van der Waals surface area contributed by atoms with Gasteiger partial charge in [-0.15, -0.1) is 0 Å². The topological polar surface area (TPSA) is 132 Å². The standard InChI is InChI=1S/C12H9Cl4N5O5S/c1-25-11-18-8(12(14,15)16)17-9(20-11)19-10(22)21-27(23,24)26-7-5-3-2-4-6(7)13/h2-5H,1H3,(H2,17,18,19,20,21,22). The molecule has 15 heteroatoms. The number of para-hydroxylation sites is 1. The van der Waals surface area contributed by atoms with Gasteiger partial charge in [-0.3, -0.25) is 5.32 Å². The van der Waals surface area contributed by atoms with E-state index in [1.165, 1.54) is 25.3 Å². The Balaban J connectivity index is 2.14. The summed E-state index contributed by atoms with van der Waals surface area (Å²) in [4.78, 5) is 23.0. The molecule has 0 radical (unpaired) electrons. The zero-order chi connectivity index (χ0) is 20.2. The summed E-state index contributed by atoms with van der Waals surface area (Å²) in [5.74, 6) is -0.974. The van der Waals surface area contributed by atoms with Crippen molar-refractivity contribution in [1.82, 2.24) is 19.7 Å². The molecule has 0 aliphatic heterocycles. The second-order valence-corrected chi connectivity index (χ2v) is 8.46. The van der Waals surface area contributed by atoms with Crippen molar-refractivity contribution in [3.05, 3.63) is 35.1 Å². The Bertz CT molecular complexity index is 953. The lowest BCUT2D eigenvalue weighted by Crippen LogP contribution is -2.37. The van der Waals surface area contributed by atoms with E-state index in [4.69, 9.17) is 55.3 Å². The van der Waals surface area contributed by atoms with Gasteiger partial charge in [-0.2, -0.15) is 23.4 Å². The molecule has 146 valence electrons. The number of rotatable bonds is 5. The van der Waals surface area contributed by atoms with Gasteiger partial charge in [-0.1, -0.05) is 58.5 Å². The SMILES string of the molecule is COc1nc(NC(=O)NS(=O)(=O)Oc2ccccc2Cl)nc(C(Cl)(Cl)Cl)n1. The lowest BCUT2D eigenvalue weighted by Gasteiger charge is -2.12. The number of urea groups is 1. The first-order valence-corrected chi connectivity index (χ1v) is 9.57. The molecule has 0 atom stereocenters. The zero-order valence-electron chi connectivity index (χ0n) is 13.1. The van der Waals surface area contributed by atoms with Crippen molar-refractivity contribution in [2.45, 2.75) is 3.79 Å². The molecule has 2 aromatic rings. The largest absolute Gasteiger partial charge is 0.467 e. The molecule has 2 amide bonds. The van der Waals surface area contributed by atoms with Gasteiger partial charge in [0.05, 0.1) is 12.1 Å². The molecule has 1 aromatic carbocycles. The van der Waals surface area contributed by atoms with Gasteiger partial charge < -0.3 is 8.92 Å². The van der Waals surface area contributed by atoms with Crippen LogP contribution in [0.2, 0.25) is 5.02 Å². The van der Waals surface area contributed by atoms with Gasteiger partial charge in [0.15, 0.2) is 11.6 Å². The Kier molecular flexibility index (Phi) is 6.76. The summed E-state index contributed by atoms with van der Waals surface area (Å²) in [7, 11) is -3.33. The maximum absolute atomic E-state index is 11.9. The van der Waals surface area contributed by atoms with Crippen molar-refractivity contribution in [2.75, 3.05) is 12.4 Å². The fraction of sp³-hybridized carbons (Fsp3) is 0.167. The minimum Gasteiger partial charge on any atom is -0.467 e. The Morgan fingerprint density at radius 3 is 2.41 bits per heavy atom. The number of amides is 2. The molecule has 0 aliphatic carbocycles. The van der Waals surface area contributed by atoms with Crippen LogP contribution in [0.5, 0.6) is 11.8 Å². The third-order valence-corrected chi connectivity index (χ3v) is 4.18. The van der Waals surface area contributed by atoms with Gasteiger partial charge >= 0.3 is 22.3 Å². The fourth-order valence-corrected chi connectivity index (χ4v) is 2.70. The number of nitrogens with one attached hydrogen (secondary N) is 2. The van der Waals surface area contributed by atoms with Crippen molar-refractivity contribution in [3.63, 3.8) is 0 Å². The molecule has 2 N–H and O–H groups in total. The van der Waals surface area contributed by atoms with Crippen LogP contribution in [0.25, 0.3) is 0 Å². The highest BCUT2D eigenvalue weighted by Gasteiger charge is 2.29. The van der Waals surface area contributed by atoms with Crippen molar-refractivity contribution >= 4 is 68.7 Å². The molecule has 27 heavy (non-hydrogen) atoms. The van der Waals surface area contributed by atoms with E-state index in [2.05, 4.69) is 15.0 Å². The number of anilines is 1. The molecule has 0 spiro atoms. The monoisotopic (exact) mass is 475 g/mol. The number of alkyl halides is 3. The Morgan fingerprint density at radius 1 is 1.15 bits per heavy atom. The normalized spacial score (nSPS) is 11.6. The van der Waals surface area contributed by atoms with Crippen LogP contribution in [0.1, 0.15) is 5.82 Å². The summed E-state index contributed by atoms with van der Waals surface area (Å²) < 4.78 is 32.8. The first-order valence-electron chi connectivity index (χ1n) is 6.65. The lowest BCUT2D eigenvalue weighted by atomic mass is 10.3. The third-order valence-electron chi connectivity index (χ3n) is 2.53. The van der Waals surface area contributed by atoms with E-state index in [-0.39, 0.29) is 22.6 Å². The van der Waals surface area contributed by atoms with E-state index >= 15 is 0 Å². The van der Waals surface area contributed by atoms with Crippen LogP contribution in [0.15, 0.2) is 24.3 Å². The van der Waals surface area contributed by atoms with Crippen LogP contribution in [0, 0.1) is 0 Å². The van der Waals surface area contributed by atoms with Crippen molar-refractivity contribution < 1.29 is 22.1 Å². The summed E-state index contributed by atoms with van der Waals surface area (Å²) in [5.41, 5.74) is 0. The van der Waals surface area contributed by atoms with Gasteiger partial charge in [0, 0.05) is 0 Å². The minimum absolute atomic E-state index is 0.0257. The molecule has 0 bridgehead atoms. The number of benzene rings is 1. The summed E-state index contributed by atoms with van der Waals surface area (Å²) in [6.45, 7) is 0. The average molecular weight is 477 g/mol. The van der Waals surface area contributed by atoms with E-state index in [1.54, 1.807) is 10.8 Å². The van der Waals surface area contributed by atoms with E-state index in [0.717, 1.165) is 0 Å². The number of hydrogen-bond acceptors (Lipinski definition) is 8. The van der Waals surface area contributed by atoms with Gasteiger partial charge in [-0.05, 0) is 12.1 Å². The average Bonchev–Trinajstić information content (AvgIpc) is 2.55. The van der Waals surface area contributed by atoms with Crippen LogP contribution < -0.4 is 19.0 Å². The van der Waals surface area contributed by atoms with Gasteiger partial charge in [0.1, 0.15) is 0 Å². The second kappa shape index (κ2) is 8.48. The first kappa shape index (κ1) is 21.5.